The maximum absolute atomic E-state index is 11.1. The van der Waals surface area contributed by atoms with Crippen LogP contribution in [-0.2, 0) is 0 Å². The van der Waals surface area contributed by atoms with Gasteiger partial charge >= 0.3 is 6.09 Å². The number of carboxylic acid groups (broad SMARTS) is 1. The van der Waals surface area contributed by atoms with E-state index in [0.29, 0.717) is 39.7 Å². The monoisotopic (exact) mass is 477 g/mol. The van der Waals surface area contributed by atoms with E-state index in [4.69, 9.17) is 25.1 Å². The first kappa shape index (κ1) is 23.8. The highest BCUT2D eigenvalue weighted by atomic mass is 16.5. The molecule has 35 heavy (non-hydrogen) atoms. The summed E-state index contributed by atoms with van der Waals surface area (Å²) in [7, 11) is 3.16. The Hall–Kier alpha value is -4.34. The molecule has 0 bridgehead atoms. The molecule has 1 aromatic carbocycles. The van der Waals surface area contributed by atoms with Gasteiger partial charge in [-0.25, -0.2) is 9.78 Å². The average molecular weight is 478 g/mol. The molecule has 10 heteroatoms. The summed E-state index contributed by atoms with van der Waals surface area (Å²) in [4.78, 5) is 24.4. The summed E-state index contributed by atoms with van der Waals surface area (Å²) in [5, 5.41) is 13.9. The molecule has 0 unspecified atom stereocenters. The second kappa shape index (κ2) is 9.88. The summed E-state index contributed by atoms with van der Waals surface area (Å²) < 4.78 is 16.7. The molecule has 182 valence electrons. The Morgan fingerprint density at radius 3 is 2.46 bits per heavy atom. The highest BCUT2D eigenvalue weighted by molar-refractivity contribution is 6.10. The number of ether oxygens (including phenoxy) is 3. The van der Waals surface area contributed by atoms with Gasteiger partial charge in [-0.3, -0.25) is 9.97 Å². The van der Waals surface area contributed by atoms with Crippen LogP contribution < -0.4 is 25.3 Å². The van der Waals surface area contributed by atoms with Crippen molar-refractivity contribution in [2.45, 2.75) is 19.9 Å². The first-order valence-corrected chi connectivity index (χ1v) is 11.0. The van der Waals surface area contributed by atoms with Crippen molar-refractivity contribution < 1.29 is 24.1 Å². The van der Waals surface area contributed by atoms with Gasteiger partial charge in [0.15, 0.2) is 11.5 Å². The number of nitrogens with zero attached hydrogens (tertiary/aromatic N) is 3. The summed E-state index contributed by atoms with van der Waals surface area (Å²) in [5.41, 5.74) is 8.35. The number of nitrogens with two attached hydrogens (primary N) is 1. The Labute approximate surface area is 202 Å². The molecule has 10 nitrogen and oxygen atoms in total. The Balaban J connectivity index is 1.73. The Morgan fingerprint density at radius 2 is 1.77 bits per heavy atom. The molecule has 3 aromatic heterocycles. The predicted octanol–water partition coefficient (Wildman–Crippen LogP) is 4.12. The van der Waals surface area contributed by atoms with Crippen molar-refractivity contribution in [2.75, 3.05) is 26.6 Å². The van der Waals surface area contributed by atoms with Crippen LogP contribution in [0.1, 0.15) is 13.8 Å². The van der Waals surface area contributed by atoms with Gasteiger partial charge in [-0.05, 0) is 29.5 Å². The average Bonchev–Trinajstić information content (AvgIpc) is 2.85. The fraction of sp³-hybridized carbons (Fsp3) is 0.280. The number of nitrogens with one attached hydrogen (secondary N) is 1. The van der Waals surface area contributed by atoms with E-state index in [-0.39, 0.29) is 18.6 Å². The van der Waals surface area contributed by atoms with E-state index in [9.17, 15) is 4.79 Å². The second-order valence-corrected chi connectivity index (χ2v) is 8.36. The number of rotatable bonds is 8. The van der Waals surface area contributed by atoms with E-state index in [0.717, 1.165) is 16.3 Å². The Morgan fingerprint density at radius 1 is 1.03 bits per heavy atom. The molecule has 0 radical (unpaired) electrons. The SMILES string of the molecule is COc1cc2ncc3c(N)nc(-c4cncc(OC[C@@H](NC(=O)O)C(C)C)c4)cc3c2cc1OC. The van der Waals surface area contributed by atoms with Crippen LogP contribution in [0.3, 0.4) is 0 Å². The van der Waals surface area contributed by atoms with Crippen molar-refractivity contribution >= 4 is 33.6 Å². The summed E-state index contributed by atoms with van der Waals surface area (Å²) in [6.45, 7) is 4.01. The first-order valence-electron chi connectivity index (χ1n) is 11.0. The molecule has 0 aliphatic rings. The minimum absolute atomic E-state index is 0.0571. The number of hydrogen-bond acceptors (Lipinski definition) is 8. The third-order valence-electron chi connectivity index (χ3n) is 5.76. The molecular weight excluding hydrogens is 450 g/mol. The van der Waals surface area contributed by atoms with Gasteiger partial charge in [-0.1, -0.05) is 13.8 Å². The number of methoxy groups -OCH3 is 2. The fourth-order valence-corrected chi connectivity index (χ4v) is 3.79. The van der Waals surface area contributed by atoms with Gasteiger partial charge < -0.3 is 30.4 Å². The molecule has 0 aliphatic heterocycles. The number of nitrogen functional groups attached to an aromatic ring is 1. The van der Waals surface area contributed by atoms with Crippen molar-refractivity contribution in [1.82, 2.24) is 20.3 Å². The maximum Gasteiger partial charge on any atom is 0.405 e. The zero-order valence-electron chi connectivity index (χ0n) is 19.9. The van der Waals surface area contributed by atoms with Crippen molar-refractivity contribution in [3.63, 3.8) is 0 Å². The van der Waals surface area contributed by atoms with E-state index in [1.807, 2.05) is 32.0 Å². The van der Waals surface area contributed by atoms with Gasteiger partial charge in [-0.15, -0.1) is 0 Å². The third kappa shape index (κ3) is 4.96. The lowest BCUT2D eigenvalue weighted by molar-refractivity contribution is 0.171. The molecular formula is C25H27N5O5. The lowest BCUT2D eigenvalue weighted by Gasteiger charge is -2.21. The molecule has 0 saturated heterocycles. The first-order chi connectivity index (χ1) is 16.8. The molecule has 1 atom stereocenters. The van der Waals surface area contributed by atoms with Crippen LogP contribution in [-0.4, -0.2) is 53.0 Å². The molecule has 0 saturated carbocycles. The van der Waals surface area contributed by atoms with Crippen LogP contribution >= 0.6 is 0 Å². The summed E-state index contributed by atoms with van der Waals surface area (Å²) in [5.74, 6) is 2.05. The van der Waals surface area contributed by atoms with Crippen LogP contribution in [0.2, 0.25) is 0 Å². The number of aromatic nitrogens is 3. The number of fused-ring (bicyclic) bond motifs is 3. The van der Waals surface area contributed by atoms with E-state index >= 15 is 0 Å². The number of benzene rings is 1. The summed E-state index contributed by atoms with van der Waals surface area (Å²) in [6, 6.07) is 7.04. The zero-order chi connectivity index (χ0) is 25.1. The van der Waals surface area contributed by atoms with Gasteiger partial charge in [0.05, 0.1) is 37.7 Å². The number of amides is 1. The Kier molecular flexibility index (Phi) is 6.72. The van der Waals surface area contributed by atoms with Gasteiger partial charge in [0, 0.05) is 34.8 Å². The lowest BCUT2D eigenvalue weighted by Crippen LogP contribution is -2.41. The molecule has 0 aliphatic carbocycles. The van der Waals surface area contributed by atoms with Crippen LogP contribution in [0, 0.1) is 5.92 Å². The minimum atomic E-state index is -1.09. The van der Waals surface area contributed by atoms with Crippen molar-refractivity contribution in [2.24, 2.45) is 5.92 Å². The smallest absolute Gasteiger partial charge is 0.405 e. The van der Waals surface area contributed by atoms with E-state index in [1.165, 1.54) is 0 Å². The van der Waals surface area contributed by atoms with Crippen LogP contribution in [0.4, 0.5) is 10.6 Å². The molecule has 0 fully saturated rings. The molecule has 0 spiro atoms. The summed E-state index contributed by atoms with van der Waals surface area (Å²) >= 11 is 0. The van der Waals surface area contributed by atoms with Gasteiger partial charge in [0.1, 0.15) is 18.2 Å². The topological polar surface area (TPSA) is 142 Å². The minimum Gasteiger partial charge on any atom is -0.493 e. The number of hydrogen-bond donors (Lipinski definition) is 3. The molecule has 1 amide bonds. The van der Waals surface area contributed by atoms with Crippen molar-refractivity contribution in [1.29, 1.82) is 0 Å². The van der Waals surface area contributed by atoms with Crippen molar-refractivity contribution in [3.8, 4) is 28.5 Å². The number of anilines is 1. The number of pyridine rings is 3. The molecule has 4 N–H and O–H groups in total. The van der Waals surface area contributed by atoms with Crippen LogP contribution in [0.25, 0.3) is 32.9 Å². The molecule has 4 aromatic rings. The van der Waals surface area contributed by atoms with Gasteiger partial charge in [-0.2, -0.15) is 0 Å². The summed E-state index contributed by atoms with van der Waals surface area (Å²) in [6.07, 6.45) is 3.84. The Bertz CT molecular complexity index is 1390. The quantitative estimate of drug-likeness (QED) is 0.319. The fourth-order valence-electron chi connectivity index (χ4n) is 3.79. The largest absolute Gasteiger partial charge is 0.493 e. The van der Waals surface area contributed by atoms with E-state index < -0.39 is 6.09 Å². The van der Waals surface area contributed by atoms with Crippen LogP contribution in [0.15, 0.2) is 42.9 Å². The number of carbonyl (C=O) groups is 1. The highest BCUT2D eigenvalue weighted by Crippen LogP contribution is 2.37. The normalized spacial score (nSPS) is 12.0. The van der Waals surface area contributed by atoms with E-state index in [1.54, 1.807) is 38.9 Å². The van der Waals surface area contributed by atoms with Crippen LogP contribution in [0.5, 0.6) is 17.2 Å². The zero-order valence-corrected chi connectivity index (χ0v) is 19.9. The highest BCUT2D eigenvalue weighted by Gasteiger charge is 2.17. The second-order valence-electron chi connectivity index (χ2n) is 8.36. The van der Waals surface area contributed by atoms with E-state index in [2.05, 4.69) is 20.3 Å². The lowest BCUT2D eigenvalue weighted by atomic mass is 10.0. The third-order valence-corrected chi connectivity index (χ3v) is 5.76. The standard InChI is InChI=1S/C25H27N5O5/c1-13(2)21(30-25(31)32)12-35-15-5-14(9-27-10-15)19-6-16-17-7-22(33-3)23(34-4)8-20(17)28-11-18(16)24(26)29-19/h5-11,13,21,30H,12H2,1-4H3,(H2,26,29)(H,31,32)/t21-/m1/s1. The van der Waals surface area contributed by atoms with Gasteiger partial charge in [0.25, 0.3) is 0 Å². The molecule has 4 rings (SSSR count). The molecule has 3 heterocycles. The predicted molar refractivity (Wildman–Crippen MR) is 133 cm³/mol. The van der Waals surface area contributed by atoms with Crippen molar-refractivity contribution in [3.05, 3.63) is 42.9 Å². The van der Waals surface area contributed by atoms with Gasteiger partial charge in [0.2, 0.25) is 0 Å². The maximum atomic E-state index is 11.1.